The molecule has 1 aliphatic carbocycles. The van der Waals surface area contributed by atoms with Gasteiger partial charge >= 0.3 is 6.09 Å². The minimum atomic E-state index is -1.86. The van der Waals surface area contributed by atoms with E-state index in [2.05, 4.69) is 49.1 Å². The van der Waals surface area contributed by atoms with Crippen LogP contribution < -0.4 is 10.2 Å². The van der Waals surface area contributed by atoms with Gasteiger partial charge in [-0.3, -0.25) is 0 Å². The van der Waals surface area contributed by atoms with Gasteiger partial charge in [-0.2, -0.15) is 15.1 Å². The van der Waals surface area contributed by atoms with Crippen LogP contribution >= 0.6 is 11.6 Å². The molecule has 4 rings (SSSR count). The molecule has 0 unspecified atom stereocenters. The predicted octanol–water partition coefficient (Wildman–Crippen LogP) is 6.79. The van der Waals surface area contributed by atoms with Crippen LogP contribution in [0.15, 0.2) is 0 Å². The molecule has 1 atom stereocenters. The van der Waals surface area contributed by atoms with Gasteiger partial charge in [0.15, 0.2) is 14.0 Å². The Balaban J connectivity index is 1.52. The number of aromatic nitrogens is 4. The summed E-state index contributed by atoms with van der Waals surface area (Å²) in [6.07, 6.45) is 5.30. The van der Waals surface area contributed by atoms with Gasteiger partial charge in [-0.15, -0.1) is 0 Å². The summed E-state index contributed by atoms with van der Waals surface area (Å²) in [5, 5.41) is 9.38. The molecule has 1 aliphatic heterocycles. The Bertz CT molecular complexity index is 1180. The van der Waals surface area contributed by atoms with Crippen LogP contribution in [0.3, 0.4) is 0 Å². The van der Waals surface area contributed by atoms with Crippen molar-refractivity contribution in [3.63, 3.8) is 0 Å². The SMILES string of the molecule is Cc1nn(C2CCC(NC(=O)OC(C)(C)C)CC2)c2nc(Cl)nc(N3CCC[C@H]3CO[Si](C)(C)C(C)(C)C)c12. The molecule has 2 fully saturated rings. The lowest BCUT2D eigenvalue weighted by Crippen LogP contribution is -2.45. The Kier molecular flexibility index (Phi) is 8.60. The van der Waals surface area contributed by atoms with Crippen LogP contribution in [0, 0.1) is 6.92 Å². The van der Waals surface area contributed by atoms with Gasteiger partial charge in [0.1, 0.15) is 11.4 Å². The molecule has 0 aromatic carbocycles. The number of halogens is 1. The number of aryl methyl sites for hydroxylation is 1. The Morgan fingerprint density at radius 1 is 1.08 bits per heavy atom. The third-order valence-corrected chi connectivity index (χ3v) is 13.2. The third kappa shape index (κ3) is 6.88. The minimum absolute atomic E-state index is 0.0963. The molecule has 0 spiro atoms. The van der Waals surface area contributed by atoms with Gasteiger partial charge in [0.2, 0.25) is 5.28 Å². The van der Waals surface area contributed by atoms with Gasteiger partial charge in [0.25, 0.3) is 0 Å². The van der Waals surface area contributed by atoms with Gasteiger partial charge in [0.05, 0.1) is 29.8 Å². The number of carbonyl (C=O) groups excluding carboxylic acids is 1. The maximum atomic E-state index is 12.2. The van der Waals surface area contributed by atoms with Crippen LogP contribution in [0.4, 0.5) is 10.6 Å². The fraction of sp³-hybridized carbons (Fsp3) is 0.786. The van der Waals surface area contributed by atoms with E-state index in [0.717, 1.165) is 67.6 Å². The first kappa shape index (κ1) is 30.1. The van der Waals surface area contributed by atoms with Crippen molar-refractivity contribution in [1.82, 2.24) is 25.1 Å². The molecule has 1 N–H and O–H groups in total. The molecule has 3 heterocycles. The largest absolute Gasteiger partial charge is 0.444 e. The smallest absolute Gasteiger partial charge is 0.407 e. The van der Waals surface area contributed by atoms with E-state index in [1.54, 1.807) is 0 Å². The number of nitrogens with one attached hydrogen (secondary N) is 1. The van der Waals surface area contributed by atoms with E-state index >= 15 is 0 Å². The fourth-order valence-corrected chi connectivity index (χ4v) is 6.57. The summed E-state index contributed by atoms with van der Waals surface area (Å²) < 4.78 is 14.1. The van der Waals surface area contributed by atoms with Crippen LogP contribution in [-0.2, 0) is 9.16 Å². The van der Waals surface area contributed by atoms with Crippen molar-refractivity contribution in [1.29, 1.82) is 0 Å². The molecule has 1 amide bonds. The molecule has 1 saturated carbocycles. The van der Waals surface area contributed by atoms with Crippen molar-refractivity contribution in [2.24, 2.45) is 0 Å². The summed E-state index contributed by atoms with van der Waals surface area (Å²) in [5.41, 5.74) is 1.21. The monoisotopic (exact) mass is 578 g/mol. The highest BCUT2D eigenvalue weighted by Crippen LogP contribution is 2.39. The van der Waals surface area contributed by atoms with Crippen molar-refractivity contribution >= 4 is 42.9 Å². The summed E-state index contributed by atoms with van der Waals surface area (Å²) in [7, 11) is -1.86. The first-order valence-electron chi connectivity index (χ1n) is 14.4. The van der Waals surface area contributed by atoms with E-state index in [1.807, 2.05) is 32.4 Å². The van der Waals surface area contributed by atoms with Crippen LogP contribution in [0.2, 0.25) is 23.4 Å². The fourth-order valence-electron chi connectivity index (χ4n) is 5.37. The second-order valence-corrected chi connectivity index (χ2v) is 18.9. The Morgan fingerprint density at radius 3 is 2.36 bits per heavy atom. The number of fused-ring (bicyclic) bond motifs is 1. The van der Waals surface area contributed by atoms with Crippen molar-refractivity contribution in [2.45, 2.75) is 129 Å². The number of carbonyl (C=O) groups is 1. The van der Waals surface area contributed by atoms with Crippen molar-refractivity contribution in [2.75, 3.05) is 18.1 Å². The molecular weight excluding hydrogens is 532 g/mol. The molecular formula is C28H47ClN6O3Si. The van der Waals surface area contributed by atoms with Gasteiger partial charge in [-0.1, -0.05) is 20.8 Å². The first-order chi connectivity index (χ1) is 18.1. The van der Waals surface area contributed by atoms with E-state index in [4.69, 9.17) is 30.8 Å². The van der Waals surface area contributed by atoms with Crippen LogP contribution in [0.25, 0.3) is 11.0 Å². The first-order valence-corrected chi connectivity index (χ1v) is 17.7. The van der Waals surface area contributed by atoms with E-state index in [-0.39, 0.29) is 34.5 Å². The standard InChI is InChI=1S/C28H47ClN6O3Si/c1-18-22-23(34-16-10-11-21(34)17-37-39(8,9)28(5,6)7)31-25(29)32-24(22)35(33-18)20-14-12-19(13-15-20)30-26(36)38-27(2,3)4/h19-21H,10-17H2,1-9H3,(H,30,36)/t19?,20?,21-/m0/s1. The number of hydrogen-bond acceptors (Lipinski definition) is 7. The Hall–Kier alpha value is -1.91. The molecule has 2 aromatic heterocycles. The van der Waals surface area contributed by atoms with Gasteiger partial charge in [0, 0.05) is 12.6 Å². The molecule has 1 saturated heterocycles. The molecule has 9 nitrogen and oxygen atoms in total. The van der Waals surface area contributed by atoms with Crippen LogP contribution in [0.5, 0.6) is 0 Å². The average Bonchev–Trinajstić information content (AvgIpc) is 3.40. The van der Waals surface area contributed by atoms with E-state index in [1.165, 1.54) is 0 Å². The summed E-state index contributed by atoms with van der Waals surface area (Å²) >= 11 is 6.54. The van der Waals surface area contributed by atoms with Crippen molar-refractivity contribution in [3.8, 4) is 0 Å². The Labute approximate surface area is 239 Å². The maximum Gasteiger partial charge on any atom is 0.407 e. The number of anilines is 1. The lowest BCUT2D eigenvalue weighted by atomic mass is 9.91. The zero-order valence-electron chi connectivity index (χ0n) is 25.2. The van der Waals surface area contributed by atoms with Crippen molar-refractivity contribution < 1.29 is 14.0 Å². The number of nitrogens with zero attached hydrogens (tertiary/aromatic N) is 5. The van der Waals surface area contributed by atoms with Crippen LogP contribution in [0.1, 0.15) is 91.8 Å². The molecule has 0 radical (unpaired) electrons. The van der Waals surface area contributed by atoms with E-state index in [9.17, 15) is 4.79 Å². The summed E-state index contributed by atoms with van der Waals surface area (Å²) in [6, 6.07) is 0.539. The molecule has 2 aromatic rings. The lowest BCUT2D eigenvalue weighted by Gasteiger charge is -2.38. The summed E-state index contributed by atoms with van der Waals surface area (Å²) in [5.74, 6) is 0.871. The van der Waals surface area contributed by atoms with Crippen molar-refractivity contribution in [3.05, 3.63) is 11.0 Å². The molecule has 218 valence electrons. The van der Waals surface area contributed by atoms with Gasteiger partial charge < -0.3 is 19.4 Å². The number of ether oxygens (including phenoxy) is 1. The zero-order valence-corrected chi connectivity index (χ0v) is 27.0. The average molecular weight is 579 g/mol. The molecule has 11 heteroatoms. The van der Waals surface area contributed by atoms with Gasteiger partial charge in [-0.25, -0.2) is 9.48 Å². The highest BCUT2D eigenvalue weighted by Gasteiger charge is 2.39. The second kappa shape index (κ2) is 11.2. The maximum absolute atomic E-state index is 12.2. The Morgan fingerprint density at radius 2 is 1.74 bits per heavy atom. The molecule has 2 aliphatic rings. The van der Waals surface area contributed by atoms with Crippen LogP contribution in [-0.4, -0.2) is 65.0 Å². The summed E-state index contributed by atoms with van der Waals surface area (Å²) in [4.78, 5) is 24.0. The lowest BCUT2D eigenvalue weighted by molar-refractivity contribution is 0.0487. The predicted molar refractivity (Wildman–Crippen MR) is 159 cm³/mol. The molecule has 0 bridgehead atoms. The highest BCUT2D eigenvalue weighted by atomic mass is 35.5. The second-order valence-electron chi connectivity index (χ2n) is 13.8. The quantitative estimate of drug-likeness (QED) is 0.298. The number of amides is 1. The van der Waals surface area contributed by atoms with E-state index in [0.29, 0.717) is 6.61 Å². The molecule has 39 heavy (non-hydrogen) atoms. The number of rotatable bonds is 6. The minimum Gasteiger partial charge on any atom is -0.444 e. The van der Waals surface area contributed by atoms with Gasteiger partial charge in [-0.05, 0) is 96.0 Å². The normalized spacial score (nSPS) is 22.9. The topological polar surface area (TPSA) is 94.4 Å². The number of alkyl carbamates (subject to hydrolysis) is 1. The number of hydrogen-bond donors (Lipinski definition) is 1. The third-order valence-electron chi connectivity index (χ3n) is 8.54. The highest BCUT2D eigenvalue weighted by molar-refractivity contribution is 6.74. The summed E-state index contributed by atoms with van der Waals surface area (Å²) in [6.45, 7) is 20.7. The zero-order chi connectivity index (χ0) is 28.8. The van der Waals surface area contributed by atoms with E-state index < -0.39 is 13.9 Å².